The number of carboxylic acids is 1. The highest BCUT2D eigenvalue weighted by molar-refractivity contribution is 8.00. The number of carbonyl (C=O) groups excluding carboxylic acids is 1. The standard InChI is InChI=1S/C7H13NO4S/c1-2-12-6(9)4-13-3-5(8)7(10)11/h5H,2-4,8H2,1H3,(H,10,11)/t5-/m0/s1. The van der Waals surface area contributed by atoms with Gasteiger partial charge in [-0.3, -0.25) is 9.59 Å². The molecule has 0 radical (unpaired) electrons. The molecule has 5 nitrogen and oxygen atoms in total. The summed E-state index contributed by atoms with van der Waals surface area (Å²) in [5, 5.41) is 8.40. The van der Waals surface area contributed by atoms with Crippen LogP contribution in [0, 0.1) is 0 Å². The van der Waals surface area contributed by atoms with Crippen molar-refractivity contribution in [2.45, 2.75) is 13.0 Å². The molecule has 3 N–H and O–H groups in total. The first-order valence-corrected chi connectivity index (χ1v) is 4.95. The second kappa shape index (κ2) is 6.73. The van der Waals surface area contributed by atoms with Crippen LogP contribution in [0.2, 0.25) is 0 Å². The first-order chi connectivity index (χ1) is 6.07. The molecule has 0 aliphatic heterocycles. The van der Waals surface area contributed by atoms with Crippen LogP contribution in [0.1, 0.15) is 6.92 Å². The molecule has 0 rings (SSSR count). The van der Waals surface area contributed by atoms with E-state index in [9.17, 15) is 9.59 Å². The summed E-state index contributed by atoms with van der Waals surface area (Å²) in [4.78, 5) is 21.0. The van der Waals surface area contributed by atoms with Crippen molar-refractivity contribution >= 4 is 23.7 Å². The van der Waals surface area contributed by atoms with Crippen LogP contribution in [-0.4, -0.2) is 41.2 Å². The van der Waals surface area contributed by atoms with E-state index in [1.807, 2.05) is 0 Å². The van der Waals surface area contributed by atoms with Gasteiger partial charge in [0.25, 0.3) is 0 Å². The molecule has 13 heavy (non-hydrogen) atoms. The largest absolute Gasteiger partial charge is 0.480 e. The monoisotopic (exact) mass is 207 g/mol. The van der Waals surface area contributed by atoms with Crippen molar-refractivity contribution in [3.63, 3.8) is 0 Å². The zero-order valence-electron chi connectivity index (χ0n) is 7.36. The number of ether oxygens (including phenoxy) is 1. The van der Waals surface area contributed by atoms with Crippen LogP contribution in [0.5, 0.6) is 0 Å². The average molecular weight is 207 g/mol. The van der Waals surface area contributed by atoms with Gasteiger partial charge in [-0.15, -0.1) is 11.8 Å². The predicted octanol–water partition coefficient (Wildman–Crippen LogP) is -0.305. The molecular weight excluding hydrogens is 194 g/mol. The molecule has 0 aromatic carbocycles. The Morgan fingerprint density at radius 3 is 2.69 bits per heavy atom. The van der Waals surface area contributed by atoms with E-state index in [1.165, 1.54) is 0 Å². The van der Waals surface area contributed by atoms with Crippen molar-refractivity contribution in [2.75, 3.05) is 18.1 Å². The van der Waals surface area contributed by atoms with Gasteiger partial charge in [0.1, 0.15) is 6.04 Å². The molecule has 0 aliphatic carbocycles. The maximum atomic E-state index is 10.8. The zero-order valence-corrected chi connectivity index (χ0v) is 8.17. The lowest BCUT2D eigenvalue weighted by Crippen LogP contribution is -2.32. The third-order valence-corrected chi connectivity index (χ3v) is 2.17. The third kappa shape index (κ3) is 6.41. The van der Waals surface area contributed by atoms with Crippen LogP contribution >= 0.6 is 11.8 Å². The van der Waals surface area contributed by atoms with Gasteiger partial charge in [0.05, 0.1) is 12.4 Å². The number of esters is 1. The minimum atomic E-state index is -1.06. The maximum Gasteiger partial charge on any atom is 0.321 e. The molecule has 1 atom stereocenters. The highest BCUT2D eigenvalue weighted by Crippen LogP contribution is 2.02. The van der Waals surface area contributed by atoms with E-state index >= 15 is 0 Å². The summed E-state index contributed by atoms with van der Waals surface area (Å²) < 4.78 is 4.64. The molecule has 0 unspecified atom stereocenters. The molecule has 0 fully saturated rings. The van der Waals surface area contributed by atoms with E-state index in [4.69, 9.17) is 10.8 Å². The minimum Gasteiger partial charge on any atom is -0.480 e. The molecule has 0 heterocycles. The fraction of sp³-hybridized carbons (Fsp3) is 0.714. The predicted molar refractivity (Wildman–Crippen MR) is 49.6 cm³/mol. The van der Waals surface area contributed by atoms with Gasteiger partial charge in [0, 0.05) is 5.75 Å². The van der Waals surface area contributed by atoms with Gasteiger partial charge in [-0.2, -0.15) is 0 Å². The first-order valence-electron chi connectivity index (χ1n) is 3.79. The van der Waals surface area contributed by atoms with E-state index in [-0.39, 0.29) is 17.5 Å². The molecule has 0 saturated heterocycles. The molecule has 0 aromatic rings. The van der Waals surface area contributed by atoms with Crippen LogP contribution < -0.4 is 5.73 Å². The van der Waals surface area contributed by atoms with Crippen LogP contribution in [0.4, 0.5) is 0 Å². The van der Waals surface area contributed by atoms with Gasteiger partial charge in [-0.25, -0.2) is 0 Å². The first kappa shape index (κ1) is 12.2. The van der Waals surface area contributed by atoms with Crippen molar-refractivity contribution in [3.05, 3.63) is 0 Å². The van der Waals surface area contributed by atoms with E-state index in [1.54, 1.807) is 6.92 Å². The zero-order chi connectivity index (χ0) is 10.3. The highest BCUT2D eigenvalue weighted by Gasteiger charge is 2.12. The molecule has 0 saturated carbocycles. The van der Waals surface area contributed by atoms with Crippen molar-refractivity contribution < 1.29 is 19.4 Å². The summed E-state index contributed by atoms with van der Waals surface area (Å²) in [6.07, 6.45) is 0. The molecule has 0 bridgehead atoms. The lowest BCUT2D eigenvalue weighted by atomic mass is 10.4. The number of aliphatic carboxylic acids is 1. The molecule has 76 valence electrons. The Bertz CT molecular complexity index is 185. The van der Waals surface area contributed by atoms with Gasteiger partial charge < -0.3 is 15.6 Å². The second-order valence-electron chi connectivity index (χ2n) is 2.26. The van der Waals surface area contributed by atoms with Gasteiger partial charge in [0.2, 0.25) is 0 Å². The molecule has 0 aliphatic rings. The van der Waals surface area contributed by atoms with Crippen molar-refractivity contribution in [1.29, 1.82) is 0 Å². The Balaban J connectivity index is 3.44. The van der Waals surface area contributed by atoms with E-state index in [2.05, 4.69) is 4.74 Å². The van der Waals surface area contributed by atoms with Crippen LogP contribution in [0.25, 0.3) is 0 Å². The summed E-state index contributed by atoms with van der Waals surface area (Å²) in [6.45, 7) is 2.05. The highest BCUT2D eigenvalue weighted by atomic mass is 32.2. The number of hydrogen-bond acceptors (Lipinski definition) is 5. The van der Waals surface area contributed by atoms with Crippen LogP contribution in [0.15, 0.2) is 0 Å². The van der Waals surface area contributed by atoms with Crippen molar-refractivity contribution in [1.82, 2.24) is 0 Å². The Kier molecular flexibility index (Phi) is 6.34. The van der Waals surface area contributed by atoms with Gasteiger partial charge >= 0.3 is 11.9 Å². The van der Waals surface area contributed by atoms with Gasteiger partial charge in [-0.05, 0) is 6.92 Å². The number of thioether (sulfide) groups is 1. The normalized spacial score (nSPS) is 12.2. The summed E-state index contributed by atoms with van der Waals surface area (Å²) in [6, 6.07) is -0.917. The van der Waals surface area contributed by atoms with Crippen LogP contribution in [-0.2, 0) is 14.3 Å². The van der Waals surface area contributed by atoms with Crippen molar-refractivity contribution in [2.24, 2.45) is 5.73 Å². The third-order valence-electron chi connectivity index (χ3n) is 1.14. The Morgan fingerprint density at radius 1 is 1.62 bits per heavy atom. The lowest BCUT2D eigenvalue weighted by Gasteiger charge is -2.05. The van der Waals surface area contributed by atoms with E-state index in [0.717, 1.165) is 11.8 Å². The average Bonchev–Trinajstić information content (AvgIpc) is 2.04. The Hall–Kier alpha value is -0.750. The minimum absolute atomic E-state index is 0.148. The maximum absolute atomic E-state index is 10.8. The SMILES string of the molecule is CCOC(=O)CSC[C@H](N)C(=O)O. The second-order valence-corrected chi connectivity index (χ2v) is 3.30. The number of nitrogens with two attached hydrogens (primary N) is 1. The van der Waals surface area contributed by atoms with Crippen molar-refractivity contribution in [3.8, 4) is 0 Å². The fourth-order valence-corrected chi connectivity index (χ4v) is 1.31. The molecule has 6 heteroatoms. The topological polar surface area (TPSA) is 89.6 Å². The summed E-state index contributed by atoms with van der Waals surface area (Å²) >= 11 is 1.16. The van der Waals surface area contributed by atoms with Crippen LogP contribution in [0.3, 0.4) is 0 Å². The summed E-state index contributed by atoms with van der Waals surface area (Å²) in [5.41, 5.74) is 5.20. The van der Waals surface area contributed by atoms with E-state index < -0.39 is 12.0 Å². The molecule has 0 spiro atoms. The fourth-order valence-electron chi connectivity index (χ4n) is 0.543. The van der Waals surface area contributed by atoms with Gasteiger partial charge in [-0.1, -0.05) is 0 Å². The summed E-state index contributed by atoms with van der Waals surface area (Å²) in [5.74, 6) is -1.04. The number of carboxylic acid groups (broad SMARTS) is 1. The number of hydrogen-bond donors (Lipinski definition) is 2. The summed E-state index contributed by atoms with van der Waals surface area (Å²) in [7, 11) is 0. The molecule has 0 aromatic heterocycles. The molecular formula is C7H13NO4S. The quantitative estimate of drug-likeness (QED) is 0.581. The molecule has 0 amide bonds. The van der Waals surface area contributed by atoms with E-state index in [0.29, 0.717) is 6.61 Å². The number of carbonyl (C=O) groups is 2. The number of rotatable bonds is 6. The Labute approximate surface area is 80.6 Å². The lowest BCUT2D eigenvalue weighted by molar-refractivity contribution is -0.140. The smallest absolute Gasteiger partial charge is 0.321 e. The Morgan fingerprint density at radius 2 is 2.23 bits per heavy atom. The van der Waals surface area contributed by atoms with Gasteiger partial charge in [0.15, 0.2) is 0 Å².